The Bertz CT molecular complexity index is 368. The monoisotopic (exact) mass is 322 g/mol. The lowest BCUT2D eigenvalue weighted by atomic mass is 10.2. The Hall–Kier alpha value is -0.140. The number of nitrogens with zero attached hydrogens (tertiary/aromatic N) is 2. The Morgan fingerprint density at radius 3 is 2.20 bits per heavy atom. The molecule has 1 aliphatic rings. The summed E-state index contributed by atoms with van der Waals surface area (Å²) in [6.45, 7) is 4.01. The predicted octanol–water partition coefficient (Wildman–Crippen LogP) is 1.16. The number of aryl methyl sites for hydroxylation is 1. The lowest BCUT2D eigenvalue weighted by Gasteiger charge is -2.11. The molecule has 1 heterocycles. The highest BCUT2D eigenvalue weighted by Gasteiger charge is 2.34. The quantitative estimate of drug-likeness (QED) is 0.763. The molecule has 0 amide bonds. The van der Waals surface area contributed by atoms with Crippen molar-refractivity contribution in [1.82, 2.24) is 9.78 Å². The van der Waals surface area contributed by atoms with E-state index in [-0.39, 0.29) is 6.04 Å². The molecule has 0 spiro atoms. The molecule has 0 aliphatic heterocycles. The van der Waals surface area contributed by atoms with E-state index in [0.717, 1.165) is 11.4 Å². The smallest absolute Gasteiger partial charge is 0.0820 e. The molecule has 2 N–H and O–H groups in total. The van der Waals surface area contributed by atoms with Crippen LogP contribution in [-0.2, 0) is 0 Å². The van der Waals surface area contributed by atoms with Gasteiger partial charge in [0.2, 0.25) is 0 Å². The van der Waals surface area contributed by atoms with Gasteiger partial charge in [0.15, 0.2) is 0 Å². The van der Waals surface area contributed by atoms with Gasteiger partial charge in [0.25, 0.3) is 0 Å². The van der Waals surface area contributed by atoms with Crippen molar-refractivity contribution in [2.75, 3.05) is 0 Å². The maximum absolute atomic E-state index is 9.50. The maximum atomic E-state index is 9.50. The van der Waals surface area contributed by atoms with E-state index in [0.29, 0.717) is 12.8 Å². The van der Waals surface area contributed by atoms with Crippen LogP contribution in [0.2, 0.25) is 0 Å². The highest BCUT2D eigenvalue weighted by molar-refractivity contribution is 14.1. The van der Waals surface area contributed by atoms with Crippen molar-refractivity contribution < 1.29 is 10.2 Å². The fraction of sp³-hybridized carbons (Fsp3) is 0.700. The third kappa shape index (κ3) is 1.92. The van der Waals surface area contributed by atoms with Crippen molar-refractivity contribution in [2.45, 2.75) is 44.9 Å². The summed E-state index contributed by atoms with van der Waals surface area (Å²) in [4.78, 5) is 0. The Kier molecular flexibility index (Phi) is 3.05. The minimum Gasteiger partial charge on any atom is -0.390 e. The van der Waals surface area contributed by atoms with Crippen molar-refractivity contribution in [3.8, 4) is 0 Å². The zero-order chi connectivity index (χ0) is 11.2. The number of hydrogen-bond acceptors (Lipinski definition) is 3. The third-order valence-corrected chi connectivity index (χ3v) is 4.62. The average Bonchev–Trinajstić information content (AvgIpc) is 2.63. The highest BCUT2D eigenvalue weighted by atomic mass is 127. The van der Waals surface area contributed by atoms with Gasteiger partial charge in [0, 0.05) is 5.69 Å². The number of aliphatic hydroxyl groups excluding tert-OH is 2. The van der Waals surface area contributed by atoms with Gasteiger partial charge in [-0.1, -0.05) is 0 Å². The Morgan fingerprint density at radius 2 is 1.80 bits per heavy atom. The zero-order valence-electron chi connectivity index (χ0n) is 8.81. The number of rotatable bonds is 1. The zero-order valence-corrected chi connectivity index (χ0v) is 11.0. The lowest BCUT2D eigenvalue weighted by Crippen LogP contribution is -2.17. The Labute approximate surface area is 102 Å². The summed E-state index contributed by atoms with van der Waals surface area (Å²) >= 11 is 2.28. The van der Waals surface area contributed by atoms with E-state index in [1.807, 2.05) is 18.5 Å². The van der Waals surface area contributed by atoms with Crippen molar-refractivity contribution in [1.29, 1.82) is 0 Å². The normalized spacial score (nSPS) is 31.1. The number of halogens is 1. The molecular formula is C10H15IN2O2. The number of aromatic nitrogens is 2. The predicted molar refractivity (Wildman–Crippen MR) is 64.7 cm³/mol. The fourth-order valence-corrected chi connectivity index (χ4v) is 2.52. The van der Waals surface area contributed by atoms with Gasteiger partial charge < -0.3 is 10.2 Å². The molecule has 15 heavy (non-hydrogen) atoms. The summed E-state index contributed by atoms with van der Waals surface area (Å²) in [5, 5.41) is 23.5. The van der Waals surface area contributed by atoms with Crippen LogP contribution in [-0.4, -0.2) is 32.2 Å². The standard InChI is InChI=1S/C10H15IN2O2/c1-5-10(11)6(2)13(12-5)7-3-8(14)9(15)4-7/h7-9,14-15H,3-4H2,1-2H3/t7?,8-,9+. The number of aliphatic hydroxyl groups is 2. The first-order chi connectivity index (χ1) is 7.00. The van der Waals surface area contributed by atoms with E-state index in [1.165, 1.54) is 3.57 Å². The van der Waals surface area contributed by atoms with Crippen LogP contribution in [0.15, 0.2) is 0 Å². The molecular weight excluding hydrogens is 307 g/mol. The second kappa shape index (κ2) is 4.03. The molecule has 0 bridgehead atoms. The summed E-state index contributed by atoms with van der Waals surface area (Å²) in [7, 11) is 0. The number of hydrogen-bond donors (Lipinski definition) is 2. The first-order valence-corrected chi connectivity index (χ1v) is 6.16. The van der Waals surface area contributed by atoms with Crippen LogP contribution in [0.25, 0.3) is 0 Å². The van der Waals surface area contributed by atoms with E-state index in [9.17, 15) is 10.2 Å². The summed E-state index contributed by atoms with van der Waals surface area (Å²) in [6.07, 6.45) is -0.00793. The molecule has 1 aromatic heterocycles. The van der Waals surface area contributed by atoms with Gasteiger partial charge in [0.1, 0.15) is 0 Å². The SMILES string of the molecule is Cc1nn(C2C[C@@H](O)[C@@H](O)C2)c(C)c1I. The molecule has 1 unspecified atom stereocenters. The Balaban J connectivity index is 2.28. The summed E-state index contributed by atoms with van der Waals surface area (Å²) in [5.41, 5.74) is 2.14. The molecule has 3 atom stereocenters. The van der Waals surface area contributed by atoms with E-state index >= 15 is 0 Å². The van der Waals surface area contributed by atoms with E-state index in [1.54, 1.807) is 0 Å². The summed E-state index contributed by atoms with van der Waals surface area (Å²) < 4.78 is 3.11. The van der Waals surface area contributed by atoms with Gasteiger partial charge in [-0.05, 0) is 49.3 Å². The van der Waals surface area contributed by atoms with Crippen LogP contribution in [0, 0.1) is 17.4 Å². The molecule has 5 heteroatoms. The molecule has 1 aromatic rings. The maximum Gasteiger partial charge on any atom is 0.0820 e. The largest absolute Gasteiger partial charge is 0.390 e. The van der Waals surface area contributed by atoms with Crippen LogP contribution in [0.3, 0.4) is 0 Å². The molecule has 0 radical (unpaired) electrons. The van der Waals surface area contributed by atoms with Crippen molar-refractivity contribution in [3.05, 3.63) is 15.0 Å². The summed E-state index contributed by atoms with van der Waals surface area (Å²) in [6, 6.07) is 0.136. The topological polar surface area (TPSA) is 58.3 Å². The van der Waals surface area contributed by atoms with Gasteiger partial charge >= 0.3 is 0 Å². The first kappa shape index (κ1) is 11.3. The molecule has 2 rings (SSSR count). The molecule has 1 aliphatic carbocycles. The molecule has 84 valence electrons. The van der Waals surface area contributed by atoms with Gasteiger partial charge in [-0.2, -0.15) is 5.10 Å². The van der Waals surface area contributed by atoms with Crippen molar-refractivity contribution in [3.63, 3.8) is 0 Å². The van der Waals surface area contributed by atoms with Crippen molar-refractivity contribution >= 4 is 22.6 Å². The van der Waals surface area contributed by atoms with Gasteiger partial charge in [-0.15, -0.1) is 0 Å². The van der Waals surface area contributed by atoms with Gasteiger partial charge in [-0.3, -0.25) is 4.68 Å². The second-order valence-electron chi connectivity index (χ2n) is 4.19. The van der Waals surface area contributed by atoms with E-state index in [2.05, 4.69) is 27.7 Å². The van der Waals surface area contributed by atoms with Crippen LogP contribution in [0.5, 0.6) is 0 Å². The van der Waals surface area contributed by atoms with Crippen LogP contribution < -0.4 is 0 Å². The van der Waals surface area contributed by atoms with E-state index in [4.69, 9.17) is 0 Å². The lowest BCUT2D eigenvalue weighted by molar-refractivity contribution is 0.0438. The molecule has 0 saturated heterocycles. The minimum absolute atomic E-state index is 0.136. The van der Waals surface area contributed by atoms with Crippen LogP contribution in [0.1, 0.15) is 30.3 Å². The summed E-state index contributed by atoms with van der Waals surface area (Å²) in [5.74, 6) is 0. The third-order valence-electron chi connectivity index (χ3n) is 3.05. The minimum atomic E-state index is -0.600. The van der Waals surface area contributed by atoms with Crippen LogP contribution in [0.4, 0.5) is 0 Å². The van der Waals surface area contributed by atoms with E-state index < -0.39 is 12.2 Å². The van der Waals surface area contributed by atoms with Crippen LogP contribution >= 0.6 is 22.6 Å². The molecule has 1 saturated carbocycles. The Morgan fingerprint density at radius 1 is 1.27 bits per heavy atom. The highest BCUT2D eigenvalue weighted by Crippen LogP contribution is 2.32. The van der Waals surface area contributed by atoms with Crippen molar-refractivity contribution in [2.24, 2.45) is 0 Å². The first-order valence-electron chi connectivity index (χ1n) is 5.08. The molecule has 4 nitrogen and oxygen atoms in total. The second-order valence-corrected chi connectivity index (χ2v) is 5.27. The fourth-order valence-electron chi connectivity index (χ4n) is 2.17. The molecule has 0 aromatic carbocycles. The van der Waals surface area contributed by atoms with Gasteiger partial charge in [0.05, 0.1) is 27.5 Å². The average molecular weight is 322 g/mol. The molecule has 1 fully saturated rings. The van der Waals surface area contributed by atoms with Gasteiger partial charge in [-0.25, -0.2) is 0 Å².